The van der Waals surface area contributed by atoms with E-state index < -0.39 is 23.4 Å². The van der Waals surface area contributed by atoms with Crippen molar-refractivity contribution in [3.05, 3.63) is 60.2 Å². The van der Waals surface area contributed by atoms with Crippen LogP contribution in [0.15, 0.2) is 59.5 Å². The van der Waals surface area contributed by atoms with Crippen LogP contribution in [0.4, 0.5) is 5.69 Å². The third-order valence-electron chi connectivity index (χ3n) is 5.13. The van der Waals surface area contributed by atoms with Crippen LogP contribution < -0.4 is 5.32 Å². The molecular formula is C24H30N2O6S. The second-order valence-corrected chi connectivity index (χ2v) is 9.08. The van der Waals surface area contributed by atoms with Crippen LogP contribution >= 0.6 is 11.8 Å². The lowest BCUT2D eigenvalue weighted by Crippen LogP contribution is -2.53. The van der Waals surface area contributed by atoms with Crippen LogP contribution in [0.2, 0.25) is 0 Å². The molecule has 1 fully saturated rings. The molecule has 8 nitrogen and oxygen atoms in total. The van der Waals surface area contributed by atoms with Gasteiger partial charge < -0.3 is 25.2 Å². The number of carbonyl (C=O) groups excluding carboxylic acids is 3. The topological polar surface area (TPSA) is 116 Å². The Balaban J connectivity index is 0.00000385. The first-order valence-electron chi connectivity index (χ1n) is 10.5. The fourth-order valence-electron chi connectivity index (χ4n) is 3.15. The quantitative estimate of drug-likeness (QED) is 0.243. The van der Waals surface area contributed by atoms with E-state index in [2.05, 4.69) is 41.5 Å². The minimum Gasteiger partial charge on any atom is -0.452 e. The number of cyclic esters (lactones) is 2. The van der Waals surface area contributed by atoms with E-state index in [4.69, 9.17) is 9.47 Å². The normalized spacial score (nSPS) is 17.7. The highest BCUT2D eigenvalue weighted by molar-refractivity contribution is 7.99. The molecular weight excluding hydrogens is 444 g/mol. The Hall–Kier alpha value is -2.88. The lowest BCUT2D eigenvalue weighted by molar-refractivity contribution is -0.197. The molecule has 1 aliphatic rings. The van der Waals surface area contributed by atoms with Crippen LogP contribution in [-0.4, -0.2) is 66.3 Å². The molecule has 0 bridgehead atoms. The van der Waals surface area contributed by atoms with Gasteiger partial charge in [0.1, 0.15) is 6.61 Å². The molecule has 1 aliphatic heterocycles. The summed E-state index contributed by atoms with van der Waals surface area (Å²) in [4.78, 5) is 38.4. The Morgan fingerprint density at radius 3 is 2.42 bits per heavy atom. The molecule has 1 heterocycles. The lowest BCUT2D eigenvalue weighted by Gasteiger charge is -2.30. The molecule has 0 spiro atoms. The SMILES string of the molecule is CN(CCCSc1ccc(NC(=O)C2(C)COC(=O)C(=O)O2)cc1)CCc1ccccc1.O. The van der Waals surface area contributed by atoms with Gasteiger partial charge in [0.15, 0.2) is 0 Å². The van der Waals surface area contributed by atoms with Gasteiger partial charge in [-0.15, -0.1) is 11.8 Å². The van der Waals surface area contributed by atoms with E-state index in [1.807, 2.05) is 18.2 Å². The highest BCUT2D eigenvalue weighted by Gasteiger charge is 2.45. The van der Waals surface area contributed by atoms with Crippen molar-refractivity contribution in [1.82, 2.24) is 4.90 Å². The number of hydrogen-bond acceptors (Lipinski definition) is 7. The third kappa shape index (κ3) is 7.88. The van der Waals surface area contributed by atoms with Crippen molar-refractivity contribution in [2.24, 2.45) is 0 Å². The minimum atomic E-state index is -1.54. The zero-order chi connectivity index (χ0) is 23.0. The molecule has 1 saturated heterocycles. The summed E-state index contributed by atoms with van der Waals surface area (Å²) in [5, 5.41) is 2.70. The Morgan fingerprint density at radius 2 is 1.76 bits per heavy atom. The van der Waals surface area contributed by atoms with Crippen molar-refractivity contribution in [1.29, 1.82) is 0 Å². The smallest absolute Gasteiger partial charge is 0.418 e. The Labute approximate surface area is 197 Å². The van der Waals surface area contributed by atoms with Crippen LogP contribution in [0, 0.1) is 0 Å². The van der Waals surface area contributed by atoms with E-state index in [1.165, 1.54) is 12.5 Å². The Morgan fingerprint density at radius 1 is 1.06 bits per heavy atom. The van der Waals surface area contributed by atoms with E-state index >= 15 is 0 Å². The molecule has 1 amide bonds. The summed E-state index contributed by atoms with van der Waals surface area (Å²) in [6, 6.07) is 18.0. The molecule has 9 heteroatoms. The molecule has 178 valence electrons. The van der Waals surface area contributed by atoms with Crippen molar-refractivity contribution in [3.8, 4) is 0 Å². The van der Waals surface area contributed by atoms with Gasteiger partial charge >= 0.3 is 11.9 Å². The predicted molar refractivity (Wildman–Crippen MR) is 127 cm³/mol. The maximum atomic E-state index is 12.5. The number of benzene rings is 2. The van der Waals surface area contributed by atoms with Crippen molar-refractivity contribution in [2.75, 3.05) is 37.8 Å². The summed E-state index contributed by atoms with van der Waals surface area (Å²) in [6.07, 6.45) is 2.13. The number of amides is 1. The summed E-state index contributed by atoms with van der Waals surface area (Å²) in [7, 11) is 2.15. The molecule has 3 rings (SSSR count). The van der Waals surface area contributed by atoms with Crippen LogP contribution in [0.3, 0.4) is 0 Å². The molecule has 0 aliphatic carbocycles. The molecule has 0 aromatic heterocycles. The van der Waals surface area contributed by atoms with Gasteiger partial charge in [-0.2, -0.15) is 0 Å². The Bertz CT molecular complexity index is 938. The number of esters is 2. The fourth-order valence-corrected chi connectivity index (χ4v) is 3.99. The highest BCUT2D eigenvalue weighted by Crippen LogP contribution is 2.23. The second kappa shape index (κ2) is 12.4. The third-order valence-corrected chi connectivity index (χ3v) is 6.23. The van der Waals surface area contributed by atoms with E-state index in [-0.39, 0.29) is 12.1 Å². The van der Waals surface area contributed by atoms with Crippen molar-refractivity contribution in [2.45, 2.75) is 30.3 Å². The highest BCUT2D eigenvalue weighted by atomic mass is 32.2. The summed E-state index contributed by atoms with van der Waals surface area (Å²) >= 11 is 1.77. The first kappa shape index (κ1) is 26.4. The number of anilines is 1. The van der Waals surface area contributed by atoms with Crippen molar-refractivity contribution >= 4 is 35.3 Å². The van der Waals surface area contributed by atoms with E-state index in [9.17, 15) is 14.4 Å². The molecule has 3 N–H and O–H groups in total. The van der Waals surface area contributed by atoms with Crippen LogP contribution in [-0.2, 0) is 30.3 Å². The van der Waals surface area contributed by atoms with Crippen LogP contribution in [0.1, 0.15) is 18.9 Å². The van der Waals surface area contributed by atoms with Gasteiger partial charge in [0.2, 0.25) is 5.60 Å². The molecule has 0 radical (unpaired) electrons. The summed E-state index contributed by atoms with van der Waals surface area (Å²) in [5.41, 5.74) is 0.400. The van der Waals surface area contributed by atoms with E-state index in [0.717, 1.165) is 36.6 Å². The number of nitrogens with one attached hydrogen (secondary N) is 1. The average Bonchev–Trinajstić information content (AvgIpc) is 2.80. The summed E-state index contributed by atoms with van der Waals surface area (Å²) in [5.74, 6) is -1.79. The number of thioether (sulfide) groups is 1. The number of rotatable bonds is 10. The molecule has 2 aromatic carbocycles. The standard InChI is InChI=1S/C24H28N2O5S.H2O/c1-24(17-30-21(27)22(28)31-24)23(29)25-19-9-11-20(12-10-19)32-16-6-14-26(2)15-13-18-7-4-3-5-8-18;/h3-5,7-12H,6,13-17H2,1-2H3,(H,25,29);1H2. The molecule has 1 unspecified atom stereocenters. The largest absolute Gasteiger partial charge is 0.452 e. The van der Waals surface area contributed by atoms with Gasteiger partial charge in [-0.1, -0.05) is 30.3 Å². The van der Waals surface area contributed by atoms with E-state index in [1.54, 1.807) is 23.9 Å². The lowest BCUT2D eigenvalue weighted by atomic mass is 10.1. The van der Waals surface area contributed by atoms with Crippen LogP contribution in [0.5, 0.6) is 0 Å². The van der Waals surface area contributed by atoms with Gasteiger partial charge in [-0.3, -0.25) is 4.79 Å². The molecule has 1 atom stereocenters. The van der Waals surface area contributed by atoms with Crippen LogP contribution in [0.25, 0.3) is 0 Å². The molecule has 33 heavy (non-hydrogen) atoms. The molecule has 0 saturated carbocycles. The Kier molecular flexibility index (Phi) is 9.90. The number of nitrogens with zero attached hydrogens (tertiary/aromatic N) is 1. The maximum absolute atomic E-state index is 12.5. The van der Waals surface area contributed by atoms with Gasteiger partial charge in [0.05, 0.1) is 0 Å². The molecule has 2 aromatic rings. The predicted octanol–water partition coefficient (Wildman–Crippen LogP) is 2.32. The fraction of sp³-hybridized carbons (Fsp3) is 0.375. The summed E-state index contributed by atoms with van der Waals surface area (Å²) < 4.78 is 9.65. The first-order chi connectivity index (χ1) is 15.4. The van der Waals surface area contributed by atoms with Crippen molar-refractivity contribution in [3.63, 3.8) is 0 Å². The van der Waals surface area contributed by atoms with Gasteiger partial charge in [-0.25, -0.2) is 9.59 Å². The number of carbonyl (C=O) groups is 3. The second-order valence-electron chi connectivity index (χ2n) is 7.92. The van der Waals surface area contributed by atoms with E-state index in [0.29, 0.717) is 5.69 Å². The first-order valence-corrected chi connectivity index (χ1v) is 11.5. The zero-order valence-corrected chi connectivity index (χ0v) is 19.7. The van der Waals surface area contributed by atoms with Gasteiger partial charge in [0, 0.05) is 17.1 Å². The zero-order valence-electron chi connectivity index (χ0n) is 18.8. The van der Waals surface area contributed by atoms with Gasteiger partial charge in [0.25, 0.3) is 5.91 Å². The number of ether oxygens (including phenoxy) is 2. The number of hydrogen-bond donors (Lipinski definition) is 1. The maximum Gasteiger partial charge on any atom is 0.418 e. The average molecular weight is 475 g/mol. The number of likely N-dealkylation sites (N-methyl/N-ethyl adjacent to an activating group) is 1. The summed E-state index contributed by atoms with van der Waals surface area (Å²) in [6.45, 7) is 3.18. The van der Waals surface area contributed by atoms with Crippen molar-refractivity contribution < 1.29 is 29.3 Å². The monoisotopic (exact) mass is 474 g/mol. The minimum absolute atomic E-state index is 0. The van der Waals surface area contributed by atoms with Gasteiger partial charge in [-0.05, 0) is 68.9 Å².